The summed E-state index contributed by atoms with van der Waals surface area (Å²) in [5.41, 5.74) is 3.04. The molecule has 27 heavy (non-hydrogen) atoms. The zero-order chi connectivity index (χ0) is 18.2. The van der Waals surface area contributed by atoms with Crippen molar-refractivity contribution in [1.82, 2.24) is 19.7 Å². The van der Waals surface area contributed by atoms with Gasteiger partial charge in [0, 0.05) is 55.4 Å². The van der Waals surface area contributed by atoms with Gasteiger partial charge >= 0.3 is 5.63 Å². The van der Waals surface area contributed by atoms with Crippen molar-refractivity contribution in [2.75, 3.05) is 31.1 Å². The van der Waals surface area contributed by atoms with Crippen molar-refractivity contribution in [1.29, 1.82) is 0 Å². The average Bonchev–Trinajstić information content (AvgIpc) is 2.92. The van der Waals surface area contributed by atoms with Crippen LogP contribution in [0.4, 0.5) is 5.69 Å². The molecule has 4 heterocycles. The normalized spacial score (nSPS) is 15.3. The predicted octanol–water partition coefficient (Wildman–Crippen LogP) is 2.30. The first-order chi connectivity index (χ1) is 13.3. The second kappa shape index (κ2) is 6.51. The van der Waals surface area contributed by atoms with Crippen molar-refractivity contribution < 1.29 is 4.42 Å². The second-order valence-corrected chi connectivity index (χ2v) is 6.73. The summed E-state index contributed by atoms with van der Waals surface area (Å²) < 4.78 is 7.48. The second-order valence-electron chi connectivity index (χ2n) is 6.73. The molecule has 1 aliphatic rings. The van der Waals surface area contributed by atoms with E-state index in [4.69, 9.17) is 4.42 Å². The van der Waals surface area contributed by atoms with E-state index in [1.54, 1.807) is 18.6 Å². The van der Waals surface area contributed by atoms with E-state index < -0.39 is 0 Å². The Balaban J connectivity index is 1.56. The van der Waals surface area contributed by atoms with Crippen LogP contribution in [0.3, 0.4) is 0 Å². The summed E-state index contributed by atoms with van der Waals surface area (Å²) in [5, 5.41) is 4.29. The molecule has 0 radical (unpaired) electrons. The van der Waals surface area contributed by atoms with Crippen molar-refractivity contribution in [2.24, 2.45) is 0 Å². The van der Waals surface area contributed by atoms with E-state index in [2.05, 4.69) is 26.3 Å². The SMILES string of the molecule is O=c1oc2cc(N3CCCNCC3)ccc2cc1-c1cn2ccncc2n1. The van der Waals surface area contributed by atoms with Gasteiger partial charge in [-0.25, -0.2) is 9.78 Å². The molecule has 0 unspecified atom stereocenters. The molecule has 0 saturated carbocycles. The number of hydrogen-bond acceptors (Lipinski definition) is 6. The first-order valence-corrected chi connectivity index (χ1v) is 9.11. The maximum atomic E-state index is 12.6. The minimum atomic E-state index is -0.381. The van der Waals surface area contributed by atoms with Crippen LogP contribution in [0.1, 0.15) is 6.42 Å². The highest BCUT2D eigenvalue weighted by atomic mass is 16.4. The molecular formula is C20H19N5O2. The summed E-state index contributed by atoms with van der Waals surface area (Å²) in [4.78, 5) is 23.5. The van der Waals surface area contributed by atoms with Gasteiger partial charge < -0.3 is 19.0 Å². The van der Waals surface area contributed by atoms with E-state index in [-0.39, 0.29) is 5.63 Å². The van der Waals surface area contributed by atoms with E-state index in [1.165, 1.54) is 0 Å². The fraction of sp³-hybridized carbons (Fsp3) is 0.250. The lowest BCUT2D eigenvalue weighted by Gasteiger charge is -2.22. The minimum absolute atomic E-state index is 0.381. The Hall–Kier alpha value is -3.19. The van der Waals surface area contributed by atoms with Crippen LogP contribution in [0.25, 0.3) is 27.9 Å². The third-order valence-corrected chi connectivity index (χ3v) is 4.96. The van der Waals surface area contributed by atoms with Gasteiger partial charge in [-0.1, -0.05) is 0 Å². The molecule has 3 aromatic heterocycles. The smallest absolute Gasteiger partial charge is 0.345 e. The zero-order valence-corrected chi connectivity index (χ0v) is 14.8. The number of fused-ring (bicyclic) bond motifs is 2. The monoisotopic (exact) mass is 361 g/mol. The molecule has 0 amide bonds. The summed E-state index contributed by atoms with van der Waals surface area (Å²) in [6.45, 7) is 3.94. The largest absolute Gasteiger partial charge is 0.422 e. The molecular weight excluding hydrogens is 342 g/mol. The highest BCUT2D eigenvalue weighted by Gasteiger charge is 2.14. The summed E-state index contributed by atoms with van der Waals surface area (Å²) in [6.07, 6.45) is 8.06. The molecule has 0 spiro atoms. The molecule has 4 aromatic rings. The number of aromatic nitrogens is 3. The Bertz CT molecular complexity index is 1140. The maximum absolute atomic E-state index is 12.6. The predicted molar refractivity (Wildman–Crippen MR) is 104 cm³/mol. The van der Waals surface area contributed by atoms with Gasteiger partial charge in [0.1, 0.15) is 5.58 Å². The summed E-state index contributed by atoms with van der Waals surface area (Å²) in [5.74, 6) is 0. The van der Waals surface area contributed by atoms with E-state index >= 15 is 0 Å². The van der Waals surface area contributed by atoms with E-state index in [9.17, 15) is 4.79 Å². The van der Waals surface area contributed by atoms with Crippen molar-refractivity contribution >= 4 is 22.3 Å². The van der Waals surface area contributed by atoms with Crippen LogP contribution in [0, 0.1) is 0 Å². The molecule has 1 N–H and O–H groups in total. The van der Waals surface area contributed by atoms with Gasteiger partial charge in [0.2, 0.25) is 0 Å². The maximum Gasteiger partial charge on any atom is 0.345 e. The zero-order valence-electron chi connectivity index (χ0n) is 14.8. The van der Waals surface area contributed by atoms with Crippen LogP contribution in [-0.2, 0) is 0 Å². The van der Waals surface area contributed by atoms with Gasteiger partial charge in [0.05, 0.1) is 17.5 Å². The van der Waals surface area contributed by atoms with E-state index in [1.807, 2.05) is 28.8 Å². The number of anilines is 1. The van der Waals surface area contributed by atoms with Crippen molar-refractivity contribution in [3.63, 3.8) is 0 Å². The molecule has 7 nitrogen and oxygen atoms in total. The number of benzene rings is 1. The van der Waals surface area contributed by atoms with Crippen molar-refractivity contribution in [3.8, 4) is 11.3 Å². The molecule has 1 aliphatic heterocycles. The Morgan fingerprint density at radius 1 is 1.15 bits per heavy atom. The lowest BCUT2D eigenvalue weighted by Crippen LogP contribution is -2.27. The van der Waals surface area contributed by atoms with Crippen molar-refractivity contribution in [2.45, 2.75) is 6.42 Å². The highest BCUT2D eigenvalue weighted by Crippen LogP contribution is 2.25. The first-order valence-electron chi connectivity index (χ1n) is 9.11. The lowest BCUT2D eigenvalue weighted by molar-refractivity contribution is 0.563. The van der Waals surface area contributed by atoms with Crippen LogP contribution in [-0.4, -0.2) is 40.5 Å². The number of nitrogens with one attached hydrogen (secondary N) is 1. The quantitative estimate of drug-likeness (QED) is 0.552. The Morgan fingerprint density at radius 3 is 3.04 bits per heavy atom. The topological polar surface area (TPSA) is 75.7 Å². The molecule has 1 aromatic carbocycles. The fourth-order valence-electron chi connectivity index (χ4n) is 3.55. The van der Waals surface area contributed by atoms with Crippen molar-refractivity contribution in [3.05, 3.63) is 59.5 Å². The average molecular weight is 361 g/mol. The number of hydrogen-bond donors (Lipinski definition) is 1. The van der Waals surface area contributed by atoms with E-state index in [0.717, 1.165) is 43.7 Å². The first kappa shape index (κ1) is 16.0. The van der Waals surface area contributed by atoms with Gasteiger partial charge in [0.25, 0.3) is 0 Å². The van der Waals surface area contributed by atoms with Crippen LogP contribution in [0.15, 0.2) is 58.3 Å². The molecule has 0 atom stereocenters. The van der Waals surface area contributed by atoms with Crippen LogP contribution in [0.5, 0.6) is 0 Å². The minimum Gasteiger partial charge on any atom is -0.422 e. The molecule has 0 aliphatic carbocycles. The Labute approximate surface area is 155 Å². The molecule has 0 bridgehead atoms. The summed E-state index contributed by atoms with van der Waals surface area (Å²) in [7, 11) is 0. The Kier molecular flexibility index (Phi) is 3.86. The Morgan fingerprint density at radius 2 is 2.11 bits per heavy atom. The third kappa shape index (κ3) is 2.96. The highest BCUT2D eigenvalue weighted by molar-refractivity contribution is 5.84. The summed E-state index contributed by atoms with van der Waals surface area (Å²) >= 11 is 0. The molecule has 7 heteroatoms. The van der Waals surface area contributed by atoms with E-state index in [0.29, 0.717) is 22.5 Å². The molecule has 1 saturated heterocycles. The fourth-order valence-corrected chi connectivity index (χ4v) is 3.55. The van der Waals surface area contributed by atoms with Gasteiger partial charge in [-0.05, 0) is 31.2 Å². The number of imidazole rings is 1. The van der Waals surface area contributed by atoms with Gasteiger partial charge in [-0.15, -0.1) is 0 Å². The van der Waals surface area contributed by atoms with Gasteiger partial charge in [-0.3, -0.25) is 4.98 Å². The summed E-state index contributed by atoms with van der Waals surface area (Å²) in [6, 6.07) is 7.90. The number of rotatable bonds is 2. The van der Waals surface area contributed by atoms with Gasteiger partial charge in [0.15, 0.2) is 5.65 Å². The molecule has 5 rings (SSSR count). The lowest BCUT2D eigenvalue weighted by atomic mass is 10.1. The third-order valence-electron chi connectivity index (χ3n) is 4.96. The molecule has 136 valence electrons. The standard InChI is InChI=1S/C20H19N5O2/c26-20-16(17-13-25-9-6-22-12-19(25)23-17)10-14-2-3-15(11-18(14)27-20)24-7-1-4-21-5-8-24/h2-3,6,9-13,21H,1,4-5,7-8H2. The van der Waals surface area contributed by atoms with Crippen LogP contribution >= 0.6 is 0 Å². The van der Waals surface area contributed by atoms with Crippen LogP contribution < -0.4 is 15.8 Å². The number of nitrogens with zero attached hydrogens (tertiary/aromatic N) is 4. The van der Waals surface area contributed by atoms with Gasteiger partial charge in [-0.2, -0.15) is 0 Å². The molecule has 1 fully saturated rings. The van der Waals surface area contributed by atoms with Crippen LogP contribution in [0.2, 0.25) is 0 Å².